The molecule has 1 N–H and O–H groups in total. The average molecular weight is 377 g/mol. The van der Waals surface area contributed by atoms with Crippen molar-refractivity contribution in [3.05, 3.63) is 51.2 Å². The lowest BCUT2D eigenvalue weighted by molar-refractivity contribution is -0.385. The number of amides is 3. The number of nitrogens with zero attached hydrogens (tertiary/aromatic N) is 2. The Morgan fingerprint density at radius 3 is 2.44 bits per heavy atom. The standard InChI is InChI=1S/C17H19N3O7/c1-4-26-15(21)13-10(3)18-16(22)19(17(23)27-5-2)14(13)11-8-6-7-9-12(11)20(24)25/h6-9,14H,4-5H2,1-3H3,(H,18,22). The van der Waals surface area contributed by atoms with Gasteiger partial charge >= 0.3 is 18.1 Å². The van der Waals surface area contributed by atoms with Gasteiger partial charge in [-0.05, 0) is 26.8 Å². The Morgan fingerprint density at radius 1 is 1.22 bits per heavy atom. The van der Waals surface area contributed by atoms with Gasteiger partial charge in [-0.2, -0.15) is 0 Å². The number of carbonyl (C=O) groups excluding carboxylic acids is 3. The van der Waals surface area contributed by atoms with Crippen LogP contribution in [0.15, 0.2) is 35.5 Å². The van der Waals surface area contributed by atoms with Gasteiger partial charge in [0.15, 0.2) is 0 Å². The number of nitro benzene ring substituents is 1. The molecular weight excluding hydrogens is 358 g/mol. The summed E-state index contributed by atoms with van der Waals surface area (Å²) < 4.78 is 9.94. The molecule has 0 radical (unpaired) electrons. The number of hydrogen-bond donors (Lipinski definition) is 1. The molecule has 1 aliphatic heterocycles. The summed E-state index contributed by atoms with van der Waals surface area (Å²) in [6.07, 6.45) is -1.03. The minimum Gasteiger partial charge on any atom is -0.463 e. The lowest BCUT2D eigenvalue weighted by Crippen LogP contribution is -2.51. The Labute approximate surface area is 154 Å². The van der Waals surface area contributed by atoms with Crippen LogP contribution >= 0.6 is 0 Å². The highest BCUT2D eigenvalue weighted by Crippen LogP contribution is 2.38. The van der Waals surface area contributed by atoms with Crippen molar-refractivity contribution < 1.29 is 28.8 Å². The smallest absolute Gasteiger partial charge is 0.418 e. The predicted octanol–water partition coefficient (Wildman–Crippen LogP) is 2.65. The van der Waals surface area contributed by atoms with Crippen LogP contribution in [0, 0.1) is 10.1 Å². The molecule has 0 saturated heterocycles. The number of nitro groups is 1. The van der Waals surface area contributed by atoms with Crippen LogP contribution in [0.2, 0.25) is 0 Å². The zero-order valence-corrected chi connectivity index (χ0v) is 15.1. The van der Waals surface area contributed by atoms with E-state index in [9.17, 15) is 24.5 Å². The summed E-state index contributed by atoms with van der Waals surface area (Å²) in [7, 11) is 0. The molecule has 0 bridgehead atoms. The lowest BCUT2D eigenvalue weighted by atomic mass is 9.93. The van der Waals surface area contributed by atoms with Crippen LogP contribution in [-0.4, -0.2) is 41.1 Å². The Bertz CT molecular complexity index is 818. The fourth-order valence-corrected chi connectivity index (χ4v) is 2.77. The van der Waals surface area contributed by atoms with E-state index in [1.165, 1.54) is 31.2 Å². The van der Waals surface area contributed by atoms with Crippen molar-refractivity contribution >= 4 is 23.8 Å². The summed E-state index contributed by atoms with van der Waals surface area (Å²) in [5.74, 6) is -0.799. The minimum absolute atomic E-state index is 0.00666. The van der Waals surface area contributed by atoms with Gasteiger partial charge in [0.2, 0.25) is 0 Å². The Balaban J connectivity index is 2.73. The van der Waals surface area contributed by atoms with E-state index in [4.69, 9.17) is 9.47 Å². The minimum atomic E-state index is -1.36. The maximum absolute atomic E-state index is 12.5. The highest BCUT2D eigenvalue weighted by Gasteiger charge is 2.45. The molecule has 144 valence electrons. The molecule has 3 amide bonds. The van der Waals surface area contributed by atoms with Crippen molar-refractivity contribution in [1.82, 2.24) is 10.2 Å². The summed E-state index contributed by atoms with van der Waals surface area (Å²) in [4.78, 5) is 48.9. The summed E-state index contributed by atoms with van der Waals surface area (Å²) in [5, 5.41) is 13.9. The Hall–Kier alpha value is -3.43. The lowest BCUT2D eigenvalue weighted by Gasteiger charge is -2.35. The number of imide groups is 1. The quantitative estimate of drug-likeness (QED) is 0.474. The SMILES string of the molecule is CCOC(=O)C1=C(C)NC(=O)N(C(=O)OCC)C1c1ccccc1[N+](=O)[O-]. The van der Waals surface area contributed by atoms with E-state index in [0.717, 1.165) is 0 Å². The van der Waals surface area contributed by atoms with Crippen LogP contribution in [-0.2, 0) is 14.3 Å². The monoisotopic (exact) mass is 377 g/mol. The maximum atomic E-state index is 12.5. The van der Waals surface area contributed by atoms with Gasteiger partial charge in [0.05, 0.1) is 29.3 Å². The molecule has 10 nitrogen and oxygen atoms in total. The van der Waals surface area contributed by atoms with Crippen LogP contribution in [0.5, 0.6) is 0 Å². The number of benzene rings is 1. The van der Waals surface area contributed by atoms with E-state index < -0.39 is 29.1 Å². The van der Waals surface area contributed by atoms with Crippen molar-refractivity contribution in [2.45, 2.75) is 26.8 Å². The fourth-order valence-electron chi connectivity index (χ4n) is 2.77. The second-order valence-electron chi connectivity index (χ2n) is 5.48. The number of hydrogen-bond acceptors (Lipinski definition) is 7. The highest BCUT2D eigenvalue weighted by molar-refractivity contribution is 6.00. The molecule has 1 atom stereocenters. The number of rotatable bonds is 5. The number of nitrogens with one attached hydrogen (secondary N) is 1. The third kappa shape index (κ3) is 3.89. The Kier molecular flexibility index (Phi) is 6.11. The maximum Gasteiger partial charge on any atom is 0.418 e. The molecule has 1 heterocycles. The third-order valence-corrected chi connectivity index (χ3v) is 3.84. The number of allylic oxidation sites excluding steroid dienone is 1. The summed E-state index contributed by atoms with van der Waals surface area (Å²) in [5.41, 5.74) is -0.296. The first-order valence-electron chi connectivity index (χ1n) is 8.21. The molecule has 27 heavy (non-hydrogen) atoms. The summed E-state index contributed by atoms with van der Waals surface area (Å²) >= 11 is 0. The van der Waals surface area contributed by atoms with E-state index in [1.807, 2.05) is 0 Å². The third-order valence-electron chi connectivity index (χ3n) is 3.84. The second kappa shape index (κ2) is 8.30. The van der Waals surface area contributed by atoms with Crippen LogP contribution in [0.25, 0.3) is 0 Å². The van der Waals surface area contributed by atoms with Crippen LogP contribution in [0.3, 0.4) is 0 Å². The largest absolute Gasteiger partial charge is 0.463 e. The van der Waals surface area contributed by atoms with Gasteiger partial charge in [-0.1, -0.05) is 12.1 Å². The summed E-state index contributed by atoms with van der Waals surface area (Å²) in [6, 6.07) is 3.33. The molecule has 1 unspecified atom stereocenters. The van der Waals surface area contributed by atoms with Crippen LogP contribution in [0.1, 0.15) is 32.4 Å². The number of urea groups is 1. The number of para-hydroxylation sites is 1. The van der Waals surface area contributed by atoms with Gasteiger partial charge in [0, 0.05) is 11.8 Å². The first kappa shape index (κ1) is 19.9. The molecular formula is C17H19N3O7. The van der Waals surface area contributed by atoms with Crippen molar-refractivity contribution in [2.75, 3.05) is 13.2 Å². The van der Waals surface area contributed by atoms with E-state index in [-0.39, 0.29) is 35.7 Å². The van der Waals surface area contributed by atoms with Gasteiger partial charge in [0.1, 0.15) is 6.04 Å². The van der Waals surface area contributed by atoms with Crippen molar-refractivity contribution in [3.63, 3.8) is 0 Å². The molecule has 0 aliphatic carbocycles. The van der Waals surface area contributed by atoms with E-state index in [2.05, 4.69) is 5.32 Å². The summed E-state index contributed by atoms with van der Waals surface area (Å²) in [6.45, 7) is 4.62. The molecule has 2 rings (SSSR count). The molecule has 10 heteroatoms. The topological polar surface area (TPSA) is 128 Å². The van der Waals surface area contributed by atoms with Gasteiger partial charge in [-0.3, -0.25) is 10.1 Å². The van der Waals surface area contributed by atoms with E-state index in [1.54, 1.807) is 13.8 Å². The highest BCUT2D eigenvalue weighted by atomic mass is 16.6. The van der Waals surface area contributed by atoms with Gasteiger partial charge in [-0.25, -0.2) is 19.3 Å². The molecule has 0 saturated carbocycles. The first-order valence-corrected chi connectivity index (χ1v) is 8.21. The molecule has 1 aliphatic rings. The molecule has 0 fully saturated rings. The normalized spacial score (nSPS) is 16.6. The second-order valence-corrected chi connectivity index (χ2v) is 5.48. The average Bonchev–Trinajstić information content (AvgIpc) is 2.61. The van der Waals surface area contributed by atoms with Crippen molar-refractivity contribution in [1.29, 1.82) is 0 Å². The molecule has 0 aromatic heterocycles. The fraction of sp³-hybridized carbons (Fsp3) is 0.353. The number of carbonyl (C=O) groups is 3. The zero-order valence-electron chi connectivity index (χ0n) is 15.1. The van der Waals surface area contributed by atoms with Crippen molar-refractivity contribution in [3.8, 4) is 0 Å². The van der Waals surface area contributed by atoms with E-state index in [0.29, 0.717) is 4.90 Å². The van der Waals surface area contributed by atoms with Gasteiger partial charge < -0.3 is 14.8 Å². The zero-order chi connectivity index (χ0) is 20.1. The molecule has 1 aromatic rings. The van der Waals surface area contributed by atoms with E-state index >= 15 is 0 Å². The number of esters is 1. The van der Waals surface area contributed by atoms with Gasteiger partial charge in [-0.15, -0.1) is 0 Å². The number of ether oxygens (including phenoxy) is 2. The molecule has 0 spiro atoms. The molecule has 1 aromatic carbocycles. The predicted molar refractivity (Wildman–Crippen MR) is 92.6 cm³/mol. The van der Waals surface area contributed by atoms with Crippen LogP contribution in [0.4, 0.5) is 15.3 Å². The first-order chi connectivity index (χ1) is 12.8. The van der Waals surface area contributed by atoms with Crippen LogP contribution < -0.4 is 5.32 Å². The van der Waals surface area contributed by atoms with Crippen molar-refractivity contribution in [2.24, 2.45) is 0 Å². The Morgan fingerprint density at radius 2 is 1.85 bits per heavy atom. The van der Waals surface area contributed by atoms with Gasteiger partial charge in [0.25, 0.3) is 5.69 Å².